The van der Waals surface area contributed by atoms with E-state index >= 15 is 0 Å². The Balaban J connectivity index is 1.85. The van der Waals surface area contributed by atoms with Crippen molar-refractivity contribution in [2.24, 2.45) is 0 Å². The predicted molar refractivity (Wildman–Crippen MR) is 88.3 cm³/mol. The van der Waals surface area contributed by atoms with Crippen LogP contribution in [0.1, 0.15) is 23.6 Å². The Bertz CT molecular complexity index is 702. The van der Waals surface area contributed by atoms with Crippen LogP contribution in [-0.2, 0) is 6.42 Å². The van der Waals surface area contributed by atoms with Crippen LogP contribution in [0.4, 0.5) is 0 Å². The molecule has 0 amide bonds. The molecule has 0 saturated carbocycles. The normalized spacial score (nSPS) is 12.4. The van der Waals surface area contributed by atoms with Gasteiger partial charge < -0.3 is 5.32 Å². The number of nitrogens with zero attached hydrogens (tertiary/aromatic N) is 1. The minimum atomic E-state index is 0.365. The maximum absolute atomic E-state index is 4.08. The topological polar surface area (TPSA) is 24.9 Å². The summed E-state index contributed by atoms with van der Waals surface area (Å²) in [6, 6.07) is 19.7. The van der Waals surface area contributed by atoms with Crippen LogP contribution in [0.15, 0.2) is 67.0 Å². The van der Waals surface area contributed by atoms with Crippen LogP contribution in [0.2, 0.25) is 0 Å². The Kier molecular flexibility index (Phi) is 4.27. The lowest BCUT2D eigenvalue weighted by molar-refractivity contribution is 0.553. The molecule has 1 heterocycles. The summed E-state index contributed by atoms with van der Waals surface area (Å²) in [5.74, 6) is 0. The van der Waals surface area contributed by atoms with Crippen molar-refractivity contribution in [3.63, 3.8) is 0 Å². The molecule has 1 aromatic heterocycles. The molecule has 21 heavy (non-hydrogen) atoms. The third-order valence-electron chi connectivity index (χ3n) is 4.02. The number of benzene rings is 2. The molecule has 0 saturated heterocycles. The number of rotatable bonds is 5. The summed E-state index contributed by atoms with van der Waals surface area (Å²) in [4.78, 5) is 4.08. The highest BCUT2D eigenvalue weighted by Gasteiger charge is 2.12. The minimum absolute atomic E-state index is 0.365. The summed E-state index contributed by atoms with van der Waals surface area (Å²) < 4.78 is 0. The first-order valence-corrected chi connectivity index (χ1v) is 7.42. The molecule has 0 bridgehead atoms. The van der Waals surface area contributed by atoms with Crippen LogP contribution in [0.5, 0.6) is 0 Å². The first-order valence-electron chi connectivity index (χ1n) is 7.42. The third kappa shape index (κ3) is 3.11. The van der Waals surface area contributed by atoms with Gasteiger partial charge in [0.15, 0.2) is 0 Å². The van der Waals surface area contributed by atoms with E-state index in [2.05, 4.69) is 64.9 Å². The summed E-state index contributed by atoms with van der Waals surface area (Å²) in [5.41, 5.74) is 2.72. The van der Waals surface area contributed by atoms with Gasteiger partial charge in [-0.1, -0.05) is 42.5 Å². The largest absolute Gasteiger partial charge is 0.313 e. The Morgan fingerprint density at radius 1 is 0.952 bits per heavy atom. The summed E-state index contributed by atoms with van der Waals surface area (Å²) in [6.45, 7) is 0. The van der Waals surface area contributed by atoms with Gasteiger partial charge in [0.25, 0.3) is 0 Å². The van der Waals surface area contributed by atoms with E-state index in [0.29, 0.717) is 6.04 Å². The molecule has 3 rings (SSSR count). The lowest BCUT2D eigenvalue weighted by atomic mass is 9.94. The second-order valence-electron chi connectivity index (χ2n) is 5.30. The van der Waals surface area contributed by atoms with E-state index in [1.165, 1.54) is 21.9 Å². The zero-order chi connectivity index (χ0) is 14.5. The summed E-state index contributed by atoms with van der Waals surface area (Å²) in [7, 11) is 2.04. The standard InChI is InChI=1S/C19H20N2/c1-20-19(10-9-15-11-13-21-14-12-15)18-8-4-6-16-5-2-3-7-17(16)18/h2-8,11-14,19-20H,9-10H2,1H3. The van der Waals surface area contributed by atoms with E-state index in [0.717, 1.165) is 12.8 Å². The van der Waals surface area contributed by atoms with Crippen molar-refractivity contribution in [2.75, 3.05) is 7.05 Å². The molecule has 2 heteroatoms. The summed E-state index contributed by atoms with van der Waals surface area (Å²) in [6.07, 6.45) is 5.86. The lowest BCUT2D eigenvalue weighted by Gasteiger charge is -2.19. The van der Waals surface area contributed by atoms with Gasteiger partial charge in [-0.3, -0.25) is 4.98 Å². The molecule has 0 fully saturated rings. The average Bonchev–Trinajstić information content (AvgIpc) is 2.56. The van der Waals surface area contributed by atoms with Crippen LogP contribution in [0.25, 0.3) is 10.8 Å². The lowest BCUT2D eigenvalue weighted by Crippen LogP contribution is -2.17. The first-order chi connectivity index (χ1) is 10.4. The zero-order valence-electron chi connectivity index (χ0n) is 12.3. The van der Waals surface area contributed by atoms with Gasteiger partial charge in [-0.2, -0.15) is 0 Å². The zero-order valence-corrected chi connectivity index (χ0v) is 12.3. The van der Waals surface area contributed by atoms with Crippen molar-refractivity contribution in [3.8, 4) is 0 Å². The summed E-state index contributed by atoms with van der Waals surface area (Å²) >= 11 is 0. The van der Waals surface area contributed by atoms with Gasteiger partial charge in [0.1, 0.15) is 0 Å². The molecule has 106 valence electrons. The van der Waals surface area contributed by atoms with E-state index in [1.807, 2.05) is 19.4 Å². The van der Waals surface area contributed by atoms with Crippen molar-refractivity contribution < 1.29 is 0 Å². The van der Waals surface area contributed by atoms with E-state index in [9.17, 15) is 0 Å². The monoisotopic (exact) mass is 276 g/mol. The van der Waals surface area contributed by atoms with Crippen molar-refractivity contribution in [1.82, 2.24) is 10.3 Å². The molecule has 0 aliphatic carbocycles. The van der Waals surface area contributed by atoms with Crippen LogP contribution in [0, 0.1) is 0 Å². The van der Waals surface area contributed by atoms with E-state index < -0.39 is 0 Å². The number of pyridine rings is 1. The molecule has 0 radical (unpaired) electrons. The number of fused-ring (bicyclic) bond motifs is 1. The van der Waals surface area contributed by atoms with Crippen LogP contribution < -0.4 is 5.32 Å². The quantitative estimate of drug-likeness (QED) is 0.758. The van der Waals surface area contributed by atoms with Crippen LogP contribution >= 0.6 is 0 Å². The van der Waals surface area contributed by atoms with E-state index in [1.54, 1.807) is 0 Å². The molecule has 1 unspecified atom stereocenters. The molecular formula is C19H20N2. The molecule has 1 atom stereocenters. The second kappa shape index (κ2) is 6.51. The number of nitrogens with one attached hydrogen (secondary N) is 1. The van der Waals surface area contributed by atoms with Crippen LogP contribution in [0.3, 0.4) is 0 Å². The SMILES string of the molecule is CNC(CCc1ccncc1)c1cccc2ccccc12. The number of hydrogen-bond acceptors (Lipinski definition) is 2. The Hall–Kier alpha value is -2.19. The minimum Gasteiger partial charge on any atom is -0.313 e. The predicted octanol–water partition coefficient (Wildman–Crippen LogP) is 4.13. The molecule has 0 aliphatic rings. The molecular weight excluding hydrogens is 256 g/mol. The first kappa shape index (κ1) is 13.8. The van der Waals surface area contributed by atoms with Crippen molar-refractivity contribution in [2.45, 2.75) is 18.9 Å². The molecule has 1 N–H and O–H groups in total. The van der Waals surface area contributed by atoms with Crippen molar-refractivity contribution in [3.05, 3.63) is 78.1 Å². The van der Waals surface area contributed by atoms with Gasteiger partial charge in [-0.05, 0) is 53.9 Å². The highest BCUT2D eigenvalue weighted by Crippen LogP contribution is 2.27. The number of aryl methyl sites for hydroxylation is 1. The molecule has 3 aromatic rings. The van der Waals surface area contributed by atoms with Crippen molar-refractivity contribution in [1.29, 1.82) is 0 Å². The molecule has 2 nitrogen and oxygen atoms in total. The van der Waals surface area contributed by atoms with Gasteiger partial charge in [0.2, 0.25) is 0 Å². The van der Waals surface area contributed by atoms with Gasteiger partial charge in [-0.25, -0.2) is 0 Å². The highest BCUT2D eigenvalue weighted by molar-refractivity contribution is 5.86. The Morgan fingerprint density at radius 3 is 2.52 bits per heavy atom. The van der Waals surface area contributed by atoms with Gasteiger partial charge in [0.05, 0.1) is 0 Å². The maximum Gasteiger partial charge on any atom is 0.0326 e. The fraction of sp³-hybridized carbons (Fsp3) is 0.211. The fourth-order valence-electron chi connectivity index (χ4n) is 2.87. The Morgan fingerprint density at radius 2 is 1.71 bits per heavy atom. The molecule has 0 spiro atoms. The van der Waals surface area contributed by atoms with E-state index in [4.69, 9.17) is 0 Å². The van der Waals surface area contributed by atoms with Crippen LogP contribution in [-0.4, -0.2) is 12.0 Å². The average molecular weight is 276 g/mol. The third-order valence-corrected chi connectivity index (χ3v) is 4.02. The number of aromatic nitrogens is 1. The second-order valence-corrected chi connectivity index (χ2v) is 5.30. The van der Waals surface area contributed by atoms with E-state index in [-0.39, 0.29) is 0 Å². The fourth-order valence-corrected chi connectivity index (χ4v) is 2.87. The maximum atomic E-state index is 4.08. The highest BCUT2D eigenvalue weighted by atomic mass is 14.9. The summed E-state index contributed by atoms with van der Waals surface area (Å²) in [5, 5.41) is 6.11. The molecule has 2 aromatic carbocycles. The van der Waals surface area contributed by atoms with Gasteiger partial charge in [0, 0.05) is 18.4 Å². The van der Waals surface area contributed by atoms with Gasteiger partial charge in [-0.15, -0.1) is 0 Å². The van der Waals surface area contributed by atoms with Gasteiger partial charge >= 0.3 is 0 Å². The molecule has 0 aliphatic heterocycles. The smallest absolute Gasteiger partial charge is 0.0326 e. The van der Waals surface area contributed by atoms with Crippen molar-refractivity contribution >= 4 is 10.8 Å². The Labute approximate surface area is 125 Å². The number of hydrogen-bond donors (Lipinski definition) is 1.